The van der Waals surface area contributed by atoms with Gasteiger partial charge in [0, 0.05) is 12.6 Å². The first-order chi connectivity index (χ1) is 17.0. The molecule has 1 aromatic carbocycles. The van der Waals surface area contributed by atoms with E-state index >= 15 is 0 Å². The molecule has 1 spiro atoms. The first kappa shape index (κ1) is 23.6. The predicted octanol–water partition coefficient (Wildman–Crippen LogP) is 2.27. The van der Waals surface area contributed by atoms with Crippen LogP contribution in [-0.4, -0.2) is 55.1 Å². The lowest BCUT2D eigenvalue weighted by Crippen LogP contribution is -3.11. The highest BCUT2D eigenvalue weighted by atomic mass is 32.1. The number of amides is 1. The largest absolute Gasteiger partial charge is 0.345 e. The van der Waals surface area contributed by atoms with Gasteiger partial charge in [-0.15, -0.1) is 11.3 Å². The number of fused-ring (bicyclic) bond motifs is 2. The molecule has 4 heterocycles. The van der Waals surface area contributed by atoms with Gasteiger partial charge in [0.25, 0.3) is 0 Å². The molecule has 6 rings (SSSR count). The molecule has 4 aliphatic rings. The average Bonchev–Trinajstić information content (AvgIpc) is 3.47. The maximum absolute atomic E-state index is 14.6. The van der Waals surface area contributed by atoms with E-state index in [1.807, 2.05) is 11.3 Å². The second-order valence-electron chi connectivity index (χ2n) is 11.9. The van der Waals surface area contributed by atoms with Crippen LogP contribution in [-0.2, 0) is 16.8 Å². The molecule has 0 bridgehead atoms. The number of piperidine rings is 1. The molecule has 5 atom stereocenters. The monoisotopic (exact) mass is 494 g/mol. The Morgan fingerprint density at radius 1 is 1.17 bits per heavy atom. The van der Waals surface area contributed by atoms with Gasteiger partial charge in [0.15, 0.2) is 0 Å². The first-order valence-corrected chi connectivity index (χ1v) is 14.8. The number of rotatable bonds is 3. The van der Waals surface area contributed by atoms with Crippen molar-refractivity contribution < 1.29 is 15.0 Å². The Morgan fingerprint density at radius 2 is 1.97 bits per heavy atom. The van der Waals surface area contributed by atoms with Crippen LogP contribution in [0, 0.1) is 18.8 Å². The zero-order chi connectivity index (χ0) is 24.0. The summed E-state index contributed by atoms with van der Waals surface area (Å²) < 4.78 is 0. The van der Waals surface area contributed by atoms with Crippen LogP contribution in [0.1, 0.15) is 72.0 Å². The number of nitrogens with two attached hydrogens (primary N) is 1. The van der Waals surface area contributed by atoms with E-state index in [0.717, 1.165) is 50.6 Å². The minimum absolute atomic E-state index is 0.0475. The normalized spacial score (nSPS) is 33.7. The molecule has 3 fully saturated rings. The molecule has 1 amide bonds. The molecule has 35 heavy (non-hydrogen) atoms. The van der Waals surface area contributed by atoms with Crippen molar-refractivity contribution in [3.8, 4) is 0 Å². The molecule has 188 valence electrons. The van der Waals surface area contributed by atoms with Crippen LogP contribution in [0.5, 0.6) is 0 Å². The van der Waals surface area contributed by atoms with Gasteiger partial charge in [0.1, 0.15) is 23.6 Å². The first-order valence-electron chi connectivity index (χ1n) is 14.0. The number of likely N-dealkylation sites (N-methyl/N-ethyl adjacent to an activating group) is 1. The van der Waals surface area contributed by atoms with Crippen LogP contribution in [0.15, 0.2) is 30.3 Å². The summed E-state index contributed by atoms with van der Waals surface area (Å²) in [6.45, 7) is 7.07. The molecule has 3 N–H and O–H groups in total. The summed E-state index contributed by atoms with van der Waals surface area (Å²) >= 11 is 1.87. The fraction of sp³-hybridized carbons (Fsp3) is 0.655. The average molecular weight is 495 g/mol. The van der Waals surface area contributed by atoms with Crippen LogP contribution in [0.4, 0.5) is 0 Å². The van der Waals surface area contributed by atoms with Gasteiger partial charge in [-0.25, -0.2) is 4.98 Å². The number of hydrogen-bond acceptors (Lipinski definition) is 3. The van der Waals surface area contributed by atoms with Crippen molar-refractivity contribution >= 4 is 17.2 Å². The summed E-state index contributed by atoms with van der Waals surface area (Å²) in [5.74, 6) is 1.78. The summed E-state index contributed by atoms with van der Waals surface area (Å²) in [6.07, 6.45) is 8.85. The van der Waals surface area contributed by atoms with Crippen LogP contribution in [0.25, 0.3) is 0 Å². The molecule has 5 nitrogen and oxygen atoms in total. The second-order valence-corrected chi connectivity index (χ2v) is 13.1. The van der Waals surface area contributed by atoms with Crippen molar-refractivity contribution in [3.05, 3.63) is 51.5 Å². The van der Waals surface area contributed by atoms with Crippen molar-refractivity contribution in [3.63, 3.8) is 0 Å². The van der Waals surface area contributed by atoms with E-state index < -0.39 is 0 Å². The zero-order valence-electron chi connectivity index (χ0n) is 21.5. The molecule has 1 aliphatic carbocycles. The Hall–Kier alpha value is -1.76. The Morgan fingerprint density at radius 3 is 2.77 bits per heavy atom. The maximum atomic E-state index is 14.6. The zero-order valence-corrected chi connectivity index (χ0v) is 22.3. The highest BCUT2D eigenvalue weighted by Crippen LogP contribution is 2.44. The highest BCUT2D eigenvalue weighted by Gasteiger charge is 2.59. The minimum Gasteiger partial charge on any atom is -0.345 e. The number of carbonyl (C=O) groups excluding carboxylic acids is 1. The molecule has 6 heteroatoms. The van der Waals surface area contributed by atoms with Crippen LogP contribution < -0.4 is 10.2 Å². The molecular formula is C29H42N4OS+2. The van der Waals surface area contributed by atoms with E-state index in [2.05, 4.69) is 54.5 Å². The highest BCUT2D eigenvalue weighted by molar-refractivity contribution is 7.11. The van der Waals surface area contributed by atoms with Gasteiger partial charge >= 0.3 is 0 Å². The third-order valence-electron chi connectivity index (χ3n) is 9.61. The predicted molar refractivity (Wildman–Crippen MR) is 140 cm³/mol. The lowest BCUT2D eigenvalue weighted by molar-refractivity contribution is -0.902. The van der Waals surface area contributed by atoms with Gasteiger partial charge in [-0.2, -0.15) is 0 Å². The molecule has 2 unspecified atom stereocenters. The standard InChI is InChI=1S/C29H40N4OS/c1-20-31-25-17-32(2)19-29(27(25)35-20)18-30-16-24(29)28(34)33-14-13-23(21-9-5-3-6-10-21)15-26(33)22-11-7-4-8-12-22/h3,5-6,9-10,22-24,26,30H,4,7-8,11-19H2,1-2H3/p+2/t23-,24?,26+,29+/m1/s1. The Kier molecular flexibility index (Phi) is 6.48. The second kappa shape index (κ2) is 9.60. The fourth-order valence-electron chi connectivity index (χ4n) is 8.07. The fourth-order valence-corrected chi connectivity index (χ4v) is 9.26. The van der Waals surface area contributed by atoms with E-state index in [1.54, 1.807) is 0 Å². The van der Waals surface area contributed by atoms with Gasteiger partial charge in [-0.3, -0.25) is 4.79 Å². The molecule has 1 saturated carbocycles. The van der Waals surface area contributed by atoms with Gasteiger partial charge in [0.05, 0.1) is 36.6 Å². The summed E-state index contributed by atoms with van der Waals surface area (Å²) in [7, 11) is 2.29. The number of carbonyl (C=O) groups is 1. The van der Waals surface area contributed by atoms with Gasteiger partial charge in [-0.05, 0) is 50.0 Å². The van der Waals surface area contributed by atoms with E-state index in [0.29, 0.717) is 23.8 Å². The third-order valence-corrected chi connectivity index (χ3v) is 10.8. The molecule has 2 saturated heterocycles. The minimum atomic E-state index is -0.0475. The van der Waals surface area contributed by atoms with E-state index in [4.69, 9.17) is 4.98 Å². The summed E-state index contributed by atoms with van der Waals surface area (Å²) in [6, 6.07) is 11.5. The van der Waals surface area contributed by atoms with Gasteiger partial charge < -0.3 is 15.1 Å². The topological polar surface area (TPSA) is 54.2 Å². The molecule has 3 aliphatic heterocycles. The van der Waals surface area contributed by atoms with Crippen molar-refractivity contribution in [2.45, 2.75) is 75.8 Å². The van der Waals surface area contributed by atoms with Crippen LogP contribution in [0.2, 0.25) is 0 Å². The number of benzene rings is 1. The maximum Gasteiger partial charge on any atom is 0.233 e. The lowest BCUT2D eigenvalue weighted by atomic mass is 9.71. The number of nitrogens with zero attached hydrogens (tertiary/aromatic N) is 2. The number of quaternary nitrogens is 2. The van der Waals surface area contributed by atoms with Gasteiger partial charge in [-0.1, -0.05) is 49.6 Å². The van der Waals surface area contributed by atoms with E-state index in [-0.39, 0.29) is 11.3 Å². The molecule has 2 aromatic rings. The molecular weight excluding hydrogens is 452 g/mol. The number of likely N-dealkylation sites (tertiary alicyclic amines) is 1. The lowest BCUT2D eigenvalue weighted by Gasteiger charge is -2.47. The van der Waals surface area contributed by atoms with Crippen molar-refractivity contribution in [2.24, 2.45) is 11.8 Å². The number of aryl methyl sites for hydroxylation is 1. The molecule has 1 aromatic heterocycles. The van der Waals surface area contributed by atoms with Crippen molar-refractivity contribution in [1.29, 1.82) is 0 Å². The number of thiazole rings is 1. The molecule has 0 radical (unpaired) electrons. The summed E-state index contributed by atoms with van der Waals surface area (Å²) in [5, 5.41) is 3.58. The van der Waals surface area contributed by atoms with Crippen molar-refractivity contribution in [2.75, 3.05) is 33.2 Å². The Balaban J connectivity index is 1.31. The Bertz CT molecular complexity index is 1050. The SMILES string of the molecule is Cc1nc2c(s1)[C@@]1(C[NH2+]CC1C(=O)N1CC[C@@H](c3ccccc3)C[C@H]1C1CCCCC1)C[NH+](C)C2. The number of hydrogen-bond donors (Lipinski definition) is 2. The Labute approximate surface area is 214 Å². The van der Waals surface area contributed by atoms with Crippen molar-refractivity contribution in [1.82, 2.24) is 9.88 Å². The van der Waals surface area contributed by atoms with Gasteiger partial charge in [0.2, 0.25) is 5.91 Å². The number of nitrogens with one attached hydrogen (secondary N) is 1. The van der Waals surface area contributed by atoms with E-state index in [1.165, 1.54) is 53.1 Å². The van der Waals surface area contributed by atoms with E-state index in [9.17, 15) is 4.79 Å². The van der Waals surface area contributed by atoms with Crippen LogP contribution in [0.3, 0.4) is 0 Å². The third kappa shape index (κ3) is 4.25. The van der Waals surface area contributed by atoms with Crippen LogP contribution >= 0.6 is 11.3 Å². The smallest absolute Gasteiger partial charge is 0.233 e. The number of aromatic nitrogens is 1. The summed E-state index contributed by atoms with van der Waals surface area (Å²) in [5.41, 5.74) is 2.68. The summed E-state index contributed by atoms with van der Waals surface area (Å²) in [4.78, 5) is 24.8. The quantitative estimate of drug-likeness (QED) is 0.688.